The Morgan fingerprint density at radius 1 is 1.40 bits per heavy atom. The fraction of sp³-hybridized carbons (Fsp3) is 0.625. The number of rotatable bonds is 8. The average molecular weight is 276 g/mol. The van der Waals surface area contributed by atoms with E-state index in [0.717, 1.165) is 24.3 Å². The highest BCUT2D eigenvalue weighted by Gasteiger charge is 2.37. The normalized spacial score (nSPS) is 22.5. The van der Waals surface area contributed by atoms with Gasteiger partial charge < -0.3 is 5.32 Å². The molecule has 0 radical (unpaired) electrons. The van der Waals surface area contributed by atoms with Crippen LogP contribution >= 0.6 is 0 Å². The molecule has 1 fully saturated rings. The van der Waals surface area contributed by atoms with Gasteiger partial charge >= 0.3 is 0 Å². The molecule has 3 unspecified atom stereocenters. The predicted octanol–water partition coefficient (Wildman–Crippen LogP) is 4.21. The zero-order valence-corrected chi connectivity index (χ0v) is 12.3. The Kier molecular flexibility index (Phi) is 5.12. The molecule has 1 N–H and O–H groups in total. The Balaban J connectivity index is 2.04. The smallest absolute Gasteiger partial charge is 0.269 e. The topological polar surface area (TPSA) is 55.2 Å². The van der Waals surface area contributed by atoms with Gasteiger partial charge in [0.15, 0.2) is 0 Å². The molecule has 0 spiro atoms. The van der Waals surface area contributed by atoms with Crippen LogP contribution in [-0.4, -0.2) is 11.0 Å². The van der Waals surface area contributed by atoms with Gasteiger partial charge in [0.25, 0.3) is 5.69 Å². The van der Waals surface area contributed by atoms with Crippen molar-refractivity contribution in [1.29, 1.82) is 0 Å². The summed E-state index contributed by atoms with van der Waals surface area (Å²) in [6.45, 7) is 4.38. The number of nitrogens with one attached hydrogen (secondary N) is 1. The fourth-order valence-corrected chi connectivity index (χ4v) is 2.89. The summed E-state index contributed by atoms with van der Waals surface area (Å²) < 4.78 is 0. The first-order valence-corrected chi connectivity index (χ1v) is 7.66. The van der Waals surface area contributed by atoms with Gasteiger partial charge in [0.1, 0.15) is 0 Å². The molecular weight excluding hydrogens is 252 g/mol. The largest absolute Gasteiger partial charge is 0.307 e. The van der Waals surface area contributed by atoms with Gasteiger partial charge in [-0.1, -0.05) is 38.8 Å². The van der Waals surface area contributed by atoms with E-state index in [1.807, 2.05) is 6.07 Å². The van der Waals surface area contributed by atoms with Crippen LogP contribution in [0.5, 0.6) is 0 Å². The van der Waals surface area contributed by atoms with Crippen molar-refractivity contribution < 1.29 is 4.92 Å². The molecule has 1 aliphatic rings. The van der Waals surface area contributed by atoms with Crippen molar-refractivity contribution in [2.45, 2.75) is 58.0 Å². The molecule has 1 saturated carbocycles. The highest BCUT2D eigenvalue weighted by atomic mass is 16.6. The van der Waals surface area contributed by atoms with Crippen molar-refractivity contribution in [3.05, 3.63) is 39.9 Å². The van der Waals surface area contributed by atoms with Crippen molar-refractivity contribution in [2.24, 2.45) is 5.92 Å². The lowest BCUT2D eigenvalue weighted by Crippen LogP contribution is -2.24. The highest BCUT2D eigenvalue weighted by molar-refractivity contribution is 5.36. The molecule has 0 amide bonds. The van der Waals surface area contributed by atoms with Crippen LogP contribution in [0.3, 0.4) is 0 Å². The Morgan fingerprint density at radius 3 is 2.85 bits per heavy atom. The van der Waals surface area contributed by atoms with Gasteiger partial charge in [-0.25, -0.2) is 0 Å². The van der Waals surface area contributed by atoms with Crippen molar-refractivity contribution in [3.8, 4) is 0 Å². The predicted molar refractivity (Wildman–Crippen MR) is 80.7 cm³/mol. The van der Waals surface area contributed by atoms with Crippen LogP contribution in [0, 0.1) is 16.0 Å². The van der Waals surface area contributed by atoms with E-state index in [1.54, 1.807) is 18.2 Å². The summed E-state index contributed by atoms with van der Waals surface area (Å²) in [6.07, 6.45) is 5.87. The summed E-state index contributed by atoms with van der Waals surface area (Å²) in [7, 11) is 0. The Hall–Kier alpha value is -1.42. The zero-order valence-electron chi connectivity index (χ0n) is 12.3. The third kappa shape index (κ3) is 3.79. The molecule has 1 aromatic carbocycles. The molecule has 4 nitrogen and oxygen atoms in total. The van der Waals surface area contributed by atoms with E-state index in [1.165, 1.54) is 19.3 Å². The van der Waals surface area contributed by atoms with Crippen LogP contribution in [-0.2, 0) is 0 Å². The number of nitro benzene ring substituents is 1. The monoisotopic (exact) mass is 276 g/mol. The summed E-state index contributed by atoms with van der Waals surface area (Å²) in [6, 6.07) is 7.90. The maximum absolute atomic E-state index is 10.9. The second-order valence-corrected chi connectivity index (χ2v) is 5.75. The minimum absolute atomic E-state index is 0.186. The minimum atomic E-state index is -0.316. The molecule has 2 rings (SSSR count). The van der Waals surface area contributed by atoms with Crippen LogP contribution in [0.25, 0.3) is 0 Å². The number of nitrogens with zero attached hydrogens (tertiary/aromatic N) is 1. The molecular formula is C16H24N2O2. The second-order valence-electron chi connectivity index (χ2n) is 5.75. The summed E-state index contributed by atoms with van der Waals surface area (Å²) in [4.78, 5) is 10.6. The van der Waals surface area contributed by atoms with Gasteiger partial charge in [0.2, 0.25) is 0 Å². The van der Waals surface area contributed by atoms with Gasteiger partial charge in [-0.05, 0) is 30.7 Å². The summed E-state index contributed by atoms with van der Waals surface area (Å²) in [5, 5.41) is 14.6. The lowest BCUT2D eigenvalue weighted by molar-refractivity contribution is -0.384. The molecule has 0 aliphatic heterocycles. The van der Waals surface area contributed by atoms with Crippen molar-refractivity contribution in [2.75, 3.05) is 0 Å². The number of non-ortho nitro benzene ring substituents is 1. The Labute approximate surface area is 120 Å². The molecule has 20 heavy (non-hydrogen) atoms. The van der Waals surface area contributed by atoms with E-state index in [2.05, 4.69) is 19.2 Å². The Bertz CT molecular complexity index is 462. The first-order chi connectivity index (χ1) is 9.65. The van der Waals surface area contributed by atoms with E-state index < -0.39 is 0 Å². The number of hydrogen-bond donors (Lipinski definition) is 1. The Morgan fingerprint density at radius 2 is 2.20 bits per heavy atom. The van der Waals surface area contributed by atoms with Gasteiger partial charge in [-0.2, -0.15) is 0 Å². The number of nitro groups is 1. The maximum Gasteiger partial charge on any atom is 0.269 e. The van der Waals surface area contributed by atoms with Crippen molar-refractivity contribution >= 4 is 5.69 Å². The van der Waals surface area contributed by atoms with E-state index >= 15 is 0 Å². The molecule has 1 aromatic rings. The van der Waals surface area contributed by atoms with Gasteiger partial charge in [-0.3, -0.25) is 10.1 Å². The summed E-state index contributed by atoms with van der Waals surface area (Å²) in [5.41, 5.74) is 1.23. The van der Waals surface area contributed by atoms with Crippen LogP contribution < -0.4 is 5.32 Å². The minimum Gasteiger partial charge on any atom is -0.307 e. The van der Waals surface area contributed by atoms with Crippen LogP contribution in [0.15, 0.2) is 24.3 Å². The van der Waals surface area contributed by atoms with E-state index in [0.29, 0.717) is 6.04 Å². The lowest BCUT2D eigenvalue weighted by atomic mass is 10.0. The van der Waals surface area contributed by atoms with Crippen molar-refractivity contribution in [1.82, 2.24) is 5.32 Å². The molecule has 0 heterocycles. The molecule has 4 heteroatoms. The molecule has 3 atom stereocenters. The van der Waals surface area contributed by atoms with Crippen LogP contribution in [0.4, 0.5) is 5.69 Å². The van der Waals surface area contributed by atoms with Gasteiger partial charge in [0.05, 0.1) is 4.92 Å². The van der Waals surface area contributed by atoms with Gasteiger partial charge in [0, 0.05) is 24.2 Å². The zero-order chi connectivity index (χ0) is 14.5. The summed E-state index contributed by atoms with van der Waals surface area (Å²) in [5.74, 6) is 0.804. The third-order valence-electron chi connectivity index (χ3n) is 4.06. The SMILES string of the molecule is CCCC(NC1CC1CCC)c1cccc([N+](=O)[O-])c1. The van der Waals surface area contributed by atoms with Crippen LogP contribution in [0.1, 0.15) is 57.6 Å². The molecule has 1 aliphatic carbocycles. The van der Waals surface area contributed by atoms with E-state index in [4.69, 9.17) is 0 Å². The van der Waals surface area contributed by atoms with E-state index in [-0.39, 0.29) is 16.7 Å². The summed E-state index contributed by atoms with van der Waals surface area (Å²) >= 11 is 0. The third-order valence-corrected chi connectivity index (χ3v) is 4.06. The first-order valence-electron chi connectivity index (χ1n) is 7.66. The van der Waals surface area contributed by atoms with Crippen molar-refractivity contribution in [3.63, 3.8) is 0 Å². The van der Waals surface area contributed by atoms with E-state index in [9.17, 15) is 10.1 Å². The second kappa shape index (κ2) is 6.84. The van der Waals surface area contributed by atoms with Crippen LogP contribution in [0.2, 0.25) is 0 Å². The van der Waals surface area contributed by atoms with Gasteiger partial charge in [-0.15, -0.1) is 0 Å². The fourth-order valence-electron chi connectivity index (χ4n) is 2.89. The molecule has 0 saturated heterocycles. The molecule has 0 aromatic heterocycles. The standard InChI is InChI=1S/C16H24N2O2/c1-3-6-12-11-16(12)17-15(7-4-2)13-8-5-9-14(10-13)18(19)20/h5,8-10,12,15-17H,3-4,6-7,11H2,1-2H3. The number of hydrogen-bond acceptors (Lipinski definition) is 3. The highest BCUT2D eigenvalue weighted by Crippen LogP contribution is 2.37. The average Bonchev–Trinajstić information content (AvgIpc) is 3.17. The first kappa shape index (κ1) is 15.0. The quantitative estimate of drug-likeness (QED) is 0.571. The number of benzene rings is 1. The molecule has 0 bridgehead atoms. The lowest BCUT2D eigenvalue weighted by Gasteiger charge is -2.18. The molecule has 110 valence electrons. The maximum atomic E-state index is 10.9.